The van der Waals surface area contributed by atoms with Crippen molar-refractivity contribution in [3.05, 3.63) is 0 Å². The molecule has 0 rings (SSSR count). The van der Waals surface area contributed by atoms with Gasteiger partial charge in [-0.3, -0.25) is 0 Å². The maximum Gasteiger partial charge on any atom is 1.00 e. The van der Waals surface area contributed by atoms with Crippen LogP contribution in [-0.2, 0) is 14.3 Å². The van der Waals surface area contributed by atoms with Crippen LogP contribution < -0.4 is 34.9 Å². The van der Waals surface area contributed by atoms with Crippen molar-refractivity contribution >= 4 is 10.1 Å². The fourth-order valence-electron chi connectivity index (χ4n) is 0.832. The molecule has 0 aliphatic heterocycles. The molecule has 0 heterocycles. The van der Waals surface area contributed by atoms with Gasteiger partial charge >= 0.3 is 29.6 Å². The van der Waals surface area contributed by atoms with Crippen molar-refractivity contribution in [3.8, 4) is 0 Å². The van der Waals surface area contributed by atoms with Crippen molar-refractivity contribution in [1.29, 1.82) is 0 Å². The topological polar surface area (TPSA) is 116 Å². The standard InChI is InChI=1S/C6H15NO6S.Na.H/c1-7-6(2-8,3-9)4-14(11,12)13-5-10;;/h7-10H,2-5H2,1H3;;/q;+1;-1. The third kappa shape index (κ3) is 6.15. The molecular weight excluding hydrogens is 237 g/mol. The van der Waals surface area contributed by atoms with Crippen LogP contribution in [0, 0.1) is 0 Å². The van der Waals surface area contributed by atoms with Crippen LogP contribution >= 0.6 is 0 Å². The number of nitrogens with one attached hydrogen (secondary N) is 1. The normalized spacial score (nSPS) is 12.3. The van der Waals surface area contributed by atoms with Gasteiger partial charge in [-0.05, 0) is 7.05 Å². The largest absolute Gasteiger partial charge is 1.00 e. The van der Waals surface area contributed by atoms with E-state index in [0.29, 0.717) is 0 Å². The molecule has 88 valence electrons. The van der Waals surface area contributed by atoms with Crippen molar-refractivity contribution in [3.63, 3.8) is 0 Å². The molecule has 0 aromatic carbocycles. The SMILES string of the molecule is CNC(CO)(CO)CS(=O)(=O)OCO.[H-].[Na+]. The summed E-state index contributed by atoms with van der Waals surface area (Å²) in [5.74, 6) is -0.621. The van der Waals surface area contributed by atoms with E-state index in [9.17, 15) is 8.42 Å². The van der Waals surface area contributed by atoms with Crippen LogP contribution in [-0.4, -0.2) is 62.1 Å². The van der Waals surface area contributed by atoms with Gasteiger partial charge in [0.25, 0.3) is 10.1 Å². The van der Waals surface area contributed by atoms with Crippen LogP contribution in [0.1, 0.15) is 1.43 Å². The van der Waals surface area contributed by atoms with Gasteiger partial charge in [0.1, 0.15) is 0 Å². The molecule has 0 unspecified atom stereocenters. The summed E-state index contributed by atoms with van der Waals surface area (Å²) in [7, 11) is -2.55. The van der Waals surface area contributed by atoms with Gasteiger partial charge in [0.2, 0.25) is 0 Å². The number of aliphatic hydroxyl groups excluding tert-OH is 3. The third-order valence-electron chi connectivity index (χ3n) is 1.82. The average Bonchev–Trinajstić information content (AvgIpc) is 2.14. The van der Waals surface area contributed by atoms with Gasteiger partial charge in [-0.25, -0.2) is 4.18 Å². The van der Waals surface area contributed by atoms with E-state index in [2.05, 4.69) is 9.50 Å². The van der Waals surface area contributed by atoms with Crippen LogP contribution in [0.25, 0.3) is 0 Å². The monoisotopic (exact) mass is 253 g/mol. The van der Waals surface area contributed by atoms with Gasteiger partial charge in [0.15, 0.2) is 6.79 Å². The Balaban J connectivity index is -0.000000845. The molecule has 0 aliphatic carbocycles. The van der Waals surface area contributed by atoms with Crippen molar-refractivity contribution in [2.45, 2.75) is 5.54 Å². The molecule has 4 N–H and O–H groups in total. The molecule has 0 spiro atoms. The number of rotatable bonds is 7. The van der Waals surface area contributed by atoms with Gasteiger partial charge in [-0.2, -0.15) is 8.42 Å². The Morgan fingerprint density at radius 2 is 1.80 bits per heavy atom. The van der Waals surface area contributed by atoms with Crippen LogP contribution in [0.5, 0.6) is 0 Å². The van der Waals surface area contributed by atoms with E-state index < -0.39 is 41.4 Å². The second kappa shape index (κ2) is 7.93. The van der Waals surface area contributed by atoms with Gasteiger partial charge in [-0.1, -0.05) is 0 Å². The first-order valence-corrected chi connectivity index (χ1v) is 5.41. The fraction of sp³-hybridized carbons (Fsp3) is 1.00. The first-order chi connectivity index (χ1) is 6.45. The number of hydrogen-bond acceptors (Lipinski definition) is 7. The van der Waals surface area contributed by atoms with Gasteiger partial charge < -0.3 is 22.1 Å². The molecule has 0 aromatic rings. The molecule has 0 bridgehead atoms. The van der Waals surface area contributed by atoms with E-state index in [0.717, 1.165) is 0 Å². The molecule has 0 radical (unpaired) electrons. The maximum atomic E-state index is 11.1. The van der Waals surface area contributed by atoms with Gasteiger partial charge in [-0.15, -0.1) is 0 Å². The Bertz CT molecular complexity index is 249. The summed E-state index contributed by atoms with van der Waals surface area (Å²) in [5.41, 5.74) is -1.35. The average molecular weight is 253 g/mol. The van der Waals surface area contributed by atoms with E-state index in [1.807, 2.05) is 0 Å². The third-order valence-corrected chi connectivity index (χ3v) is 3.19. The summed E-state index contributed by atoms with van der Waals surface area (Å²) in [4.78, 5) is 0. The van der Waals surface area contributed by atoms with E-state index in [-0.39, 0.29) is 31.0 Å². The summed E-state index contributed by atoms with van der Waals surface area (Å²) in [6, 6.07) is 0. The van der Waals surface area contributed by atoms with Crippen LogP contribution in [0.2, 0.25) is 0 Å². The molecule has 0 fully saturated rings. The first-order valence-electron chi connectivity index (χ1n) is 3.84. The van der Waals surface area contributed by atoms with Crippen LogP contribution in [0.4, 0.5) is 0 Å². The molecule has 0 aromatic heterocycles. The molecule has 0 aliphatic rings. The Morgan fingerprint density at radius 3 is 2.07 bits per heavy atom. The first kappa shape index (κ1) is 18.1. The van der Waals surface area contributed by atoms with Crippen LogP contribution in [0.15, 0.2) is 0 Å². The van der Waals surface area contributed by atoms with E-state index in [1.54, 1.807) is 0 Å². The maximum absolute atomic E-state index is 11.1. The minimum Gasteiger partial charge on any atom is -1.00 e. The van der Waals surface area contributed by atoms with Crippen molar-refractivity contribution < 1.29 is 58.9 Å². The molecule has 7 nitrogen and oxygen atoms in total. The smallest absolute Gasteiger partial charge is 1.00 e. The van der Waals surface area contributed by atoms with Gasteiger partial charge in [0.05, 0.1) is 24.5 Å². The minimum absolute atomic E-state index is 0. The molecule has 0 amide bonds. The summed E-state index contributed by atoms with van der Waals surface area (Å²) in [6.07, 6.45) is 0. The van der Waals surface area contributed by atoms with Crippen LogP contribution in [0.3, 0.4) is 0 Å². The van der Waals surface area contributed by atoms with Crippen molar-refractivity contribution in [2.75, 3.05) is 32.8 Å². The zero-order valence-electron chi connectivity index (χ0n) is 9.80. The predicted octanol–water partition coefficient (Wildman–Crippen LogP) is -5.66. The second-order valence-electron chi connectivity index (χ2n) is 2.80. The molecule has 0 saturated carbocycles. The Hall–Kier alpha value is 0.750. The molecular formula is C6H16NNaO6S. The fourth-order valence-corrected chi connectivity index (χ4v) is 2.08. The number of likely N-dealkylation sites (N-methyl/N-ethyl adjacent to an activating group) is 1. The molecule has 15 heavy (non-hydrogen) atoms. The summed E-state index contributed by atoms with van der Waals surface area (Å²) in [5, 5.41) is 28.6. The van der Waals surface area contributed by atoms with E-state index >= 15 is 0 Å². The minimum atomic E-state index is -3.96. The summed E-state index contributed by atoms with van der Waals surface area (Å²) >= 11 is 0. The zero-order valence-corrected chi connectivity index (χ0v) is 11.6. The van der Waals surface area contributed by atoms with Gasteiger partial charge in [0, 0.05) is 0 Å². The second-order valence-corrected chi connectivity index (χ2v) is 4.44. The molecule has 0 saturated heterocycles. The van der Waals surface area contributed by atoms with E-state index in [4.69, 9.17) is 15.3 Å². The van der Waals surface area contributed by atoms with E-state index in [1.165, 1.54) is 7.05 Å². The molecule has 9 heteroatoms. The van der Waals surface area contributed by atoms with Crippen molar-refractivity contribution in [2.24, 2.45) is 0 Å². The Kier molecular flexibility index (Phi) is 9.58. The quantitative estimate of drug-likeness (QED) is 0.203. The Morgan fingerprint density at radius 1 is 1.33 bits per heavy atom. The zero-order chi connectivity index (χ0) is 11.2. The summed E-state index contributed by atoms with van der Waals surface area (Å²) in [6.45, 7) is -2.08. The predicted molar refractivity (Wildman–Crippen MR) is 49.0 cm³/mol. The van der Waals surface area contributed by atoms with Crippen molar-refractivity contribution in [1.82, 2.24) is 5.32 Å². The number of hydrogen-bond donors (Lipinski definition) is 4. The number of aliphatic hydroxyl groups is 3. The summed E-state index contributed by atoms with van der Waals surface area (Å²) < 4.78 is 26.2. The molecule has 0 atom stereocenters. The Labute approximate surface area is 112 Å².